The average Bonchev–Trinajstić information content (AvgIpc) is 2.18. The number of hydrogen-bond donors (Lipinski definition) is 2. The highest BCUT2D eigenvalue weighted by molar-refractivity contribution is 7.89. The minimum absolute atomic E-state index is 0.0112. The van der Waals surface area contributed by atoms with Crippen LogP contribution >= 0.6 is 0 Å². The largest absolute Gasteiger partial charge is 0.389 e. The molecule has 5 heteroatoms. The van der Waals surface area contributed by atoms with E-state index in [9.17, 15) is 13.5 Å². The molecule has 0 amide bonds. The number of benzene rings is 1. The third-order valence-corrected chi connectivity index (χ3v) is 3.87. The van der Waals surface area contributed by atoms with Crippen LogP contribution in [0.2, 0.25) is 0 Å². The van der Waals surface area contributed by atoms with Crippen LogP contribution in [0.4, 0.5) is 0 Å². The summed E-state index contributed by atoms with van der Waals surface area (Å²) in [5.41, 5.74) is 0.517. The number of sulfonamides is 1. The number of aryl methyl sites for hydroxylation is 2. The molecule has 0 heterocycles. The van der Waals surface area contributed by atoms with Gasteiger partial charge in [-0.3, -0.25) is 0 Å². The standard InChI is InChI=1S/C12H19NO3S/c1-9-5-6-10(2)11(7-9)17(15,16)13-8-12(3,4)14/h5-7,13-14H,8H2,1-4H3. The van der Waals surface area contributed by atoms with Gasteiger partial charge in [0.15, 0.2) is 0 Å². The van der Waals surface area contributed by atoms with Crippen molar-refractivity contribution in [3.05, 3.63) is 29.3 Å². The zero-order chi connectivity index (χ0) is 13.3. The first-order chi connectivity index (χ1) is 7.62. The molecule has 1 aromatic carbocycles. The molecule has 1 rings (SSSR count). The van der Waals surface area contributed by atoms with Crippen molar-refractivity contribution in [1.82, 2.24) is 4.72 Å². The van der Waals surface area contributed by atoms with E-state index in [1.165, 1.54) is 0 Å². The van der Waals surface area contributed by atoms with Gasteiger partial charge >= 0.3 is 0 Å². The van der Waals surface area contributed by atoms with Crippen molar-refractivity contribution in [3.63, 3.8) is 0 Å². The van der Waals surface area contributed by atoms with Crippen molar-refractivity contribution >= 4 is 10.0 Å². The van der Waals surface area contributed by atoms with Crippen molar-refractivity contribution in [2.75, 3.05) is 6.54 Å². The van der Waals surface area contributed by atoms with Gasteiger partial charge in [-0.25, -0.2) is 13.1 Å². The second-order valence-corrected chi connectivity index (χ2v) is 6.64. The summed E-state index contributed by atoms with van der Waals surface area (Å²) in [7, 11) is -3.56. The molecule has 0 fully saturated rings. The van der Waals surface area contributed by atoms with E-state index in [1.54, 1.807) is 32.9 Å². The first kappa shape index (κ1) is 14.2. The van der Waals surface area contributed by atoms with Crippen LogP contribution in [0.3, 0.4) is 0 Å². The third-order valence-electron chi connectivity index (χ3n) is 2.33. The summed E-state index contributed by atoms with van der Waals surface area (Å²) in [5.74, 6) is 0. The van der Waals surface area contributed by atoms with E-state index in [-0.39, 0.29) is 11.4 Å². The van der Waals surface area contributed by atoms with Gasteiger partial charge in [0.05, 0.1) is 10.5 Å². The lowest BCUT2D eigenvalue weighted by molar-refractivity contribution is 0.0857. The molecule has 0 aliphatic rings. The van der Waals surface area contributed by atoms with E-state index < -0.39 is 15.6 Å². The monoisotopic (exact) mass is 257 g/mol. The topological polar surface area (TPSA) is 66.4 Å². The van der Waals surface area contributed by atoms with E-state index in [2.05, 4.69) is 4.72 Å². The molecule has 0 aromatic heterocycles. The zero-order valence-corrected chi connectivity index (χ0v) is 11.4. The fourth-order valence-corrected chi connectivity index (χ4v) is 2.88. The van der Waals surface area contributed by atoms with Crippen LogP contribution in [0.15, 0.2) is 23.1 Å². The summed E-state index contributed by atoms with van der Waals surface area (Å²) >= 11 is 0. The van der Waals surface area contributed by atoms with Crippen molar-refractivity contribution < 1.29 is 13.5 Å². The van der Waals surface area contributed by atoms with Gasteiger partial charge in [0.1, 0.15) is 0 Å². The maximum Gasteiger partial charge on any atom is 0.240 e. The van der Waals surface area contributed by atoms with Gasteiger partial charge in [-0.15, -0.1) is 0 Å². The zero-order valence-electron chi connectivity index (χ0n) is 10.6. The maximum atomic E-state index is 12.0. The van der Waals surface area contributed by atoms with E-state index in [4.69, 9.17) is 0 Å². The third kappa shape index (κ3) is 4.11. The first-order valence-corrected chi connectivity index (χ1v) is 6.89. The van der Waals surface area contributed by atoms with Crippen molar-refractivity contribution in [1.29, 1.82) is 0 Å². The number of hydrogen-bond acceptors (Lipinski definition) is 3. The second kappa shape index (κ2) is 4.76. The van der Waals surface area contributed by atoms with Crippen molar-refractivity contribution in [2.24, 2.45) is 0 Å². The minimum atomic E-state index is -3.56. The minimum Gasteiger partial charge on any atom is -0.389 e. The summed E-state index contributed by atoms with van der Waals surface area (Å²) < 4.78 is 26.5. The Morgan fingerprint density at radius 2 is 1.88 bits per heavy atom. The molecule has 96 valence electrons. The highest BCUT2D eigenvalue weighted by Crippen LogP contribution is 2.16. The normalized spacial score (nSPS) is 12.8. The van der Waals surface area contributed by atoms with Crippen LogP contribution in [0, 0.1) is 13.8 Å². The van der Waals surface area contributed by atoms with Gasteiger partial charge in [-0.05, 0) is 44.9 Å². The Kier molecular flexibility index (Phi) is 3.96. The highest BCUT2D eigenvalue weighted by Gasteiger charge is 2.21. The molecule has 0 aliphatic carbocycles. The van der Waals surface area contributed by atoms with Crippen molar-refractivity contribution in [3.8, 4) is 0 Å². The lowest BCUT2D eigenvalue weighted by Gasteiger charge is -2.18. The average molecular weight is 257 g/mol. The predicted octanol–water partition coefficient (Wildman–Crippen LogP) is 1.35. The molecule has 0 bridgehead atoms. The van der Waals surface area contributed by atoms with Gasteiger partial charge in [0, 0.05) is 6.54 Å². The molecular weight excluding hydrogens is 238 g/mol. The number of nitrogens with one attached hydrogen (secondary N) is 1. The van der Waals surface area contributed by atoms with Crippen LogP contribution < -0.4 is 4.72 Å². The molecule has 0 spiro atoms. The number of aliphatic hydroxyl groups is 1. The molecule has 1 aromatic rings. The Morgan fingerprint density at radius 1 is 1.29 bits per heavy atom. The number of rotatable bonds is 4. The Labute approximate surface area is 103 Å². The molecule has 0 radical (unpaired) electrons. The van der Waals surface area contributed by atoms with Crippen LogP contribution in [0.1, 0.15) is 25.0 Å². The molecule has 2 N–H and O–H groups in total. The first-order valence-electron chi connectivity index (χ1n) is 5.41. The smallest absolute Gasteiger partial charge is 0.240 e. The Morgan fingerprint density at radius 3 is 2.41 bits per heavy atom. The van der Waals surface area contributed by atoms with E-state index in [0.29, 0.717) is 5.56 Å². The van der Waals surface area contributed by atoms with Crippen LogP contribution in [0.5, 0.6) is 0 Å². The fourth-order valence-electron chi connectivity index (χ4n) is 1.35. The van der Waals surface area contributed by atoms with Gasteiger partial charge in [0.2, 0.25) is 10.0 Å². The molecule has 0 aliphatic heterocycles. The van der Waals surface area contributed by atoms with Crippen LogP contribution in [-0.4, -0.2) is 25.7 Å². The molecule has 0 saturated heterocycles. The molecule has 0 atom stereocenters. The second-order valence-electron chi connectivity index (χ2n) is 4.91. The molecule has 0 saturated carbocycles. The maximum absolute atomic E-state index is 12.0. The lowest BCUT2D eigenvalue weighted by atomic mass is 10.1. The molecular formula is C12H19NO3S. The van der Waals surface area contributed by atoms with Crippen LogP contribution in [-0.2, 0) is 10.0 Å². The Balaban J connectivity index is 3.02. The van der Waals surface area contributed by atoms with Crippen LogP contribution in [0.25, 0.3) is 0 Å². The van der Waals surface area contributed by atoms with Gasteiger partial charge in [-0.2, -0.15) is 0 Å². The van der Waals surface area contributed by atoms with E-state index >= 15 is 0 Å². The van der Waals surface area contributed by atoms with E-state index in [1.807, 2.05) is 13.0 Å². The summed E-state index contributed by atoms with van der Waals surface area (Å²) in [5, 5.41) is 9.52. The summed E-state index contributed by atoms with van der Waals surface area (Å²) in [6.45, 7) is 6.69. The fraction of sp³-hybridized carbons (Fsp3) is 0.500. The summed E-state index contributed by atoms with van der Waals surface area (Å²) in [6.07, 6.45) is 0. The Hall–Kier alpha value is -0.910. The highest BCUT2D eigenvalue weighted by atomic mass is 32.2. The summed E-state index contributed by atoms with van der Waals surface area (Å²) in [4.78, 5) is 0.266. The quantitative estimate of drug-likeness (QED) is 0.855. The molecule has 0 unspecified atom stereocenters. The van der Waals surface area contributed by atoms with Gasteiger partial charge in [0.25, 0.3) is 0 Å². The van der Waals surface area contributed by atoms with Gasteiger partial charge < -0.3 is 5.11 Å². The van der Waals surface area contributed by atoms with Crippen molar-refractivity contribution in [2.45, 2.75) is 38.2 Å². The SMILES string of the molecule is Cc1ccc(C)c(S(=O)(=O)NCC(C)(C)O)c1. The van der Waals surface area contributed by atoms with Gasteiger partial charge in [-0.1, -0.05) is 12.1 Å². The predicted molar refractivity (Wildman–Crippen MR) is 67.4 cm³/mol. The molecule has 17 heavy (non-hydrogen) atoms. The summed E-state index contributed by atoms with van der Waals surface area (Å²) in [6, 6.07) is 5.26. The molecule has 4 nitrogen and oxygen atoms in total. The van der Waals surface area contributed by atoms with E-state index in [0.717, 1.165) is 5.56 Å². The lowest BCUT2D eigenvalue weighted by Crippen LogP contribution is -2.38. The Bertz CT molecular complexity index is 501.